The lowest BCUT2D eigenvalue weighted by Gasteiger charge is -2.25. The lowest BCUT2D eigenvalue weighted by atomic mass is 9.93. The van der Waals surface area contributed by atoms with E-state index in [-0.39, 0.29) is 6.61 Å². The molecule has 0 bridgehead atoms. The minimum atomic E-state index is -1.32. The normalized spacial score (nSPS) is 34.9. The van der Waals surface area contributed by atoms with E-state index in [1.807, 2.05) is 6.92 Å². The minimum Gasteiger partial charge on any atom is -0.448 e. The molecule has 8 nitrogen and oxygen atoms in total. The third kappa shape index (κ3) is 3.97. The Morgan fingerprint density at radius 3 is 2.75 bits per heavy atom. The molecule has 1 fully saturated rings. The summed E-state index contributed by atoms with van der Waals surface area (Å²) in [6.07, 6.45) is -2.86. The Hall–Kier alpha value is -1.84. The fourth-order valence-corrected chi connectivity index (χ4v) is 2.50. The summed E-state index contributed by atoms with van der Waals surface area (Å²) in [6, 6.07) is 0. The molecule has 2 heterocycles. The summed E-state index contributed by atoms with van der Waals surface area (Å²) in [6.45, 7) is 3.61. The van der Waals surface area contributed by atoms with Crippen LogP contribution in [0.15, 0.2) is 16.9 Å². The summed E-state index contributed by atoms with van der Waals surface area (Å²) in [5.74, 6) is -3.31. The predicted octanol–water partition coefficient (Wildman–Crippen LogP) is 0.430. The third-order valence-corrected chi connectivity index (χ3v) is 3.92. The molecular weight excluding hydrogens is 323 g/mol. The van der Waals surface area contributed by atoms with E-state index in [4.69, 9.17) is 9.47 Å². The van der Waals surface area contributed by atoms with Crippen molar-refractivity contribution in [3.8, 4) is 0 Å². The molecule has 2 aliphatic rings. The van der Waals surface area contributed by atoms with Gasteiger partial charge in [0.2, 0.25) is 5.91 Å². The van der Waals surface area contributed by atoms with Gasteiger partial charge >= 0.3 is 6.09 Å². The number of nitrogens with one attached hydrogen (secondary N) is 1. The van der Waals surface area contributed by atoms with E-state index in [0.717, 1.165) is 12.5 Å². The smallest absolute Gasteiger partial charge is 0.435 e. The molecule has 0 aromatic heterocycles. The molecule has 0 aromatic carbocycles. The van der Waals surface area contributed by atoms with Crippen LogP contribution < -0.4 is 5.32 Å². The number of ether oxygens (including phenoxy) is 2. The van der Waals surface area contributed by atoms with Crippen molar-refractivity contribution in [1.82, 2.24) is 5.32 Å². The SMILES string of the molecule is CCCCOC(=O)N=C1NC(=O)C([C@@H]2OC(C)[C@@H](O)[C@H]2O)C=C1F. The lowest BCUT2D eigenvalue weighted by Crippen LogP contribution is -2.47. The molecular formula is C15H21FN2O6. The van der Waals surface area contributed by atoms with Gasteiger partial charge in [-0.25, -0.2) is 9.18 Å². The summed E-state index contributed by atoms with van der Waals surface area (Å²) in [5.41, 5.74) is 0. The van der Waals surface area contributed by atoms with Crippen LogP contribution in [-0.2, 0) is 14.3 Å². The Morgan fingerprint density at radius 1 is 1.46 bits per heavy atom. The van der Waals surface area contributed by atoms with Crippen LogP contribution in [0.2, 0.25) is 0 Å². The average Bonchev–Trinajstić information content (AvgIpc) is 2.78. The first-order valence-electron chi connectivity index (χ1n) is 7.80. The van der Waals surface area contributed by atoms with Crippen molar-refractivity contribution in [2.24, 2.45) is 10.9 Å². The fraction of sp³-hybridized carbons (Fsp3) is 0.667. The number of rotatable bonds is 4. The number of nitrogens with zero attached hydrogens (tertiary/aromatic N) is 1. The molecule has 0 radical (unpaired) electrons. The van der Waals surface area contributed by atoms with Crippen molar-refractivity contribution in [3.05, 3.63) is 11.9 Å². The number of aliphatic imine (C=N–C) groups is 1. The summed E-state index contributed by atoms with van der Waals surface area (Å²) < 4.78 is 24.2. The monoisotopic (exact) mass is 344 g/mol. The second-order valence-electron chi connectivity index (χ2n) is 5.74. The molecule has 9 heteroatoms. The molecule has 2 rings (SSSR count). The van der Waals surface area contributed by atoms with E-state index < -0.39 is 54.0 Å². The first-order chi connectivity index (χ1) is 11.3. The second kappa shape index (κ2) is 7.82. The number of amides is 2. The average molecular weight is 344 g/mol. The number of amidine groups is 1. The molecule has 24 heavy (non-hydrogen) atoms. The molecule has 0 spiro atoms. The number of hydrogen-bond acceptors (Lipinski definition) is 6. The predicted molar refractivity (Wildman–Crippen MR) is 80.9 cm³/mol. The van der Waals surface area contributed by atoms with Crippen LogP contribution in [0, 0.1) is 5.92 Å². The summed E-state index contributed by atoms with van der Waals surface area (Å²) in [7, 11) is 0. The third-order valence-electron chi connectivity index (χ3n) is 3.92. The zero-order chi connectivity index (χ0) is 17.9. The molecule has 5 atom stereocenters. The number of aliphatic hydroxyl groups is 2. The van der Waals surface area contributed by atoms with E-state index in [0.29, 0.717) is 6.42 Å². The highest BCUT2D eigenvalue weighted by molar-refractivity contribution is 6.13. The van der Waals surface area contributed by atoms with E-state index in [1.165, 1.54) is 6.92 Å². The zero-order valence-electron chi connectivity index (χ0n) is 13.4. The maximum atomic E-state index is 14.1. The summed E-state index contributed by atoms with van der Waals surface area (Å²) in [5, 5.41) is 21.8. The van der Waals surface area contributed by atoms with E-state index in [1.54, 1.807) is 0 Å². The molecule has 0 saturated carbocycles. The van der Waals surface area contributed by atoms with Gasteiger partial charge < -0.3 is 25.0 Å². The van der Waals surface area contributed by atoms with E-state index in [2.05, 4.69) is 10.3 Å². The van der Waals surface area contributed by atoms with Crippen LogP contribution in [0.5, 0.6) is 0 Å². The Morgan fingerprint density at radius 2 is 2.17 bits per heavy atom. The molecule has 2 unspecified atom stereocenters. The molecule has 0 aliphatic carbocycles. The van der Waals surface area contributed by atoms with Crippen molar-refractivity contribution < 1.29 is 33.7 Å². The van der Waals surface area contributed by atoms with Gasteiger partial charge in [0.15, 0.2) is 11.7 Å². The largest absolute Gasteiger partial charge is 0.448 e. The first kappa shape index (κ1) is 18.5. The first-order valence-corrected chi connectivity index (χ1v) is 7.80. The highest BCUT2D eigenvalue weighted by Crippen LogP contribution is 2.29. The zero-order valence-corrected chi connectivity index (χ0v) is 13.4. The maximum Gasteiger partial charge on any atom is 0.435 e. The van der Waals surface area contributed by atoms with Gasteiger partial charge in [-0.2, -0.15) is 4.99 Å². The van der Waals surface area contributed by atoms with Gasteiger partial charge in [0.25, 0.3) is 0 Å². The van der Waals surface area contributed by atoms with Crippen LogP contribution in [0.25, 0.3) is 0 Å². The van der Waals surface area contributed by atoms with E-state index >= 15 is 0 Å². The summed E-state index contributed by atoms with van der Waals surface area (Å²) in [4.78, 5) is 26.9. The van der Waals surface area contributed by atoms with Crippen LogP contribution in [0.1, 0.15) is 26.7 Å². The minimum absolute atomic E-state index is 0.159. The van der Waals surface area contributed by atoms with Crippen molar-refractivity contribution in [2.75, 3.05) is 6.61 Å². The number of carbonyl (C=O) groups is 2. The Kier molecular flexibility index (Phi) is 6.03. The van der Waals surface area contributed by atoms with Crippen LogP contribution in [0.4, 0.5) is 9.18 Å². The van der Waals surface area contributed by atoms with Crippen molar-refractivity contribution in [2.45, 2.75) is 51.1 Å². The molecule has 3 N–H and O–H groups in total. The molecule has 0 aromatic rings. The molecule has 134 valence electrons. The Bertz CT molecular complexity index is 564. The highest BCUT2D eigenvalue weighted by Gasteiger charge is 2.47. The van der Waals surface area contributed by atoms with Gasteiger partial charge in [0, 0.05) is 0 Å². The number of hydrogen-bond donors (Lipinski definition) is 3. The van der Waals surface area contributed by atoms with Crippen molar-refractivity contribution >= 4 is 17.8 Å². The topological polar surface area (TPSA) is 117 Å². The molecule has 1 saturated heterocycles. The number of halogens is 1. The quantitative estimate of drug-likeness (QED) is 0.637. The lowest BCUT2D eigenvalue weighted by molar-refractivity contribution is -0.128. The second-order valence-corrected chi connectivity index (χ2v) is 5.74. The van der Waals surface area contributed by atoms with Gasteiger partial charge in [-0.15, -0.1) is 0 Å². The van der Waals surface area contributed by atoms with Crippen molar-refractivity contribution in [1.29, 1.82) is 0 Å². The van der Waals surface area contributed by atoms with Gasteiger partial charge in [0.05, 0.1) is 18.6 Å². The number of unbranched alkanes of at least 4 members (excludes halogenated alkanes) is 1. The summed E-state index contributed by atoms with van der Waals surface area (Å²) >= 11 is 0. The van der Waals surface area contributed by atoms with Crippen molar-refractivity contribution in [3.63, 3.8) is 0 Å². The highest BCUT2D eigenvalue weighted by atomic mass is 19.1. The maximum absolute atomic E-state index is 14.1. The Labute approximate surface area is 138 Å². The van der Waals surface area contributed by atoms with Gasteiger partial charge in [-0.1, -0.05) is 13.3 Å². The van der Waals surface area contributed by atoms with Gasteiger partial charge in [-0.05, 0) is 19.4 Å². The number of aliphatic hydroxyl groups excluding tert-OH is 2. The fourth-order valence-electron chi connectivity index (χ4n) is 2.50. The molecule has 2 amide bonds. The molecule has 2 aliphatic heterocycles. The number of carbonyl (C=O) groups excluding carboxylic acids is 2. The van der Waals surface area contributed by atoms with Gasteiger partial charge in [0.1, 0.15) is 18.3 Å². The van der Waals surface area contributed by atoms with Gasteiger partial charge in [-0.3, -0.25) is 4.79 Å². The van der Waals surface area contributed by atoms with Crippen LogP contribution >= 0.6 is 0 Å². The Balaban J connectivity index is 2.09. The van der Waals surface area contributed by atoms with Crippen LogP contribution in [0.3, 0.4) is 0 Å². The van der Waals surface area contributed by atoms with Crippen LogP contribution in [-0.4, -0.2) is 59.1 Å². The standard InChI is InChI=1S/C15H21FN2O6/c1-3-4-5-23-15(22)18-13-9(16)6-8(14(21)17-13)12-11(20)10(19)7(2)24-12/h6-8,10-12,19-20H,3-5H2,1-2H3,(H,17,18,21,22)/t7?,8?,10-,11-,12+/m1/s1. The van der Waals surface area contributed by atoms with E-state index in [9.17, 15) is 24.2 Å².